The van der Waals surface area contributed by atoms with E-state index in [2.05, 4.69) is 40.0 Å². The van der Waals surface area contributed by atoms with Crippen LogP contribution in [0.25, 0.3) is 10.8 Å². The molecule has 4 heterocycles. The van der Waals surface area contributed by atoms with E-state index < -0.39 is 6.10 Å². The van der Waals surface area contributed by atoms with Crippen molar-refractivity contribution in [3.05, 3.63) is 29.4 Å². The van der Waals surface area contributed by atoms with Crippen molar-refractivity contribution in [1.29, 1.82) is 0 Å². The van der Waals surface area contributed by atoms with E-state index >= 15 is 0 Å². The molecule has 3 saturated heterocycles. The van der Waals surface area contributed by atoms with Gasteiger partial charge in [0.1, 0.15) is 5.82 Å². The Kier molecular flexibility index (Phi) is 6.16. The van der Waals surface area contributed by atoms with Crippen LogP contribution < -0.4 is 10.2 Å². The molecule has 0 bridgehead atoms. The van der Waals surface area contributed by atoms with Gasteiger partial charge in [-0.1, -0.05) is 11.6 Å². The number of hydrogen-bond donors (Lipinski definition) is 2. The van der Waals surface area contributed by atoms with Crippen molar-refractivity contribution in [1.82, 2.24) is 9.88 Å². The molecule has 2 N–H and O–H groups in total. The van der Waals surface area contributed by atoms with Crippen LogP contribution >= 0.6 is 11.6 Å². The third-order valence-electron chi connectivity index (χ3n) is 9.05. The van der Waals surface area contributed by atoms with Crippen molar-refractivity contribution in [3.63, 3.8) is 0 Å². The number of aromatic nitrogens is 1. The van der Waals surface area contributed by atoms with Gasteiger partial charge in [0.15, 0.2) is 0 Å². The fourth-order valence-electron chi connectivity index (χ4n) is 6.59. The predicted molar refractivity (Wildman–Crippen MR) is 140 cm³/mol. The number of ether oxygens (including phenoxy) is 2. The van der Waals surface area contributed by atoms with Crippen LogP contribution in [0.15, 0.2) is 24.4 Å². The molecular formula is C27H35ClN4O4. The van der Waals surface area contributed by atoms with Gasteiger partial charge in [0.05, 0.1) is 35.6 Å². The number of piperazine rings is 1. The number of halogens is 1. The van der Waals surface area contributed by atoms with Crippen molar-refractivity contribution >= 4 is 39.8 Å². The van der Waals surface area contributed by atoms with Crippen LogP contribution in [-0.2, 0) is 14.3 Å². The molecule has 36 heavy (non-hydrogen) atoms. The molecule has 1 amide bonds. The first-order valence-electron chi connectivity index (χ1n) is 13.0. The first-order valence-corrected chi connectivity index (χ1v) is 13.4. The Morgan fingerprint density at radius 1 is 1.19 bits per heavy atom. The molecule has 1 saturated carbocycles. The molecule has 1 aromatic heterocycles. The van der Waals surface area contributed by atoms with E-state index in [1.807, 2.05) is 12.1 Å². The Bertz CT molecular complexity index is 1170. The normalized spacial score (nSPS) is 32.2. The molecule has 2 aromatic rings. The Balaban J connectivity index is 1.18. The van der Waals surface area contributed by atoms with Crippen molar-refractivity contribution in [2.45, 2.75) is 50.8 Å². The van der Waals surface area contributed by atoms with Crippen LogP contribution in [0, 0.1) is 11.3 Å². The summed E-state index contributed by atoms with van der Waals surface area (Å²) in [6.07, 6.45) is 4.18. The number of aliphatic hydroxyl groups is 1. The maximum atomic E-state index is 12.9. The molecule has 1 aliphatic carbocycles. The summed E-state index contributed by atoms with van der Waals surface area (Å²) in [5, 5.41) is 16.2. The predicted octanol–water partition coefficient (Wildman–Crippen LogP) is 3.30. The van der Waals surface area contributed by atoms with Crippen molar-refractivity contribution in [2.75, 3.05) is 56.3 Å². The van der Waals surface area contributed by atoms with Gasteiger partial charge in [0, 0.05) is 56.4 Å². The second kappa shape index (κ2) is 9.10. The van der Waals surface area contributed by atoms with Crippen LogP contribution in [0.3, 0.4) is 0 Å². The number of pyridine rings is 1. The molecule has 3 aliphatic heterocycles. The molecule has 0 radical (unpaired) electrons. The zero-order valence-corrected chi connectivity index (χ0v) is 21.8. The molecule has 6 rings (SSSR count). The third-order valence-corrected chi connectivity index (χ3v) is 9.35. The number of carbonyl (C=O) groups excluding carboxylic acids is 1. The molecule has 4 aliphatic rings. The van der Waals surface area contributed by atoms with Crippen molar-refractivity contribution in [2.24, 2.45) is 11.3 Å². The quantitative estimate of drug-likeness (QED) is 0.647. The fourth-order valence-corrected chi connectivity index (χ4v) is 6.88. The summed E-state index contributed by atoms with van der Waals surface area (Å²) in [6, 6.07) is 6.23. The second-order valence-corrected chi connectivity index (χ2v) is 11.7. The Labute approximate surface area is 216 Å². The summed E-state index contributed by atoms with van der Waals surface area (Å²) in [6.45, 7) is 9.15. The highest BCUT2D eigenvalue weighted by Crippen LogP contribution is 2.59. The number of anilines is 2. The van der Waals surface area contributed by atoms with Crippen LogP contribution in [0.5, 0.6) is 0 Å². The first kappa shape index (κ1) is 24.4. The minimum Gasteiger partial charge on any atom is -0.389 e. The van der Waals surface area contributed by atoms with E-state index in [1.165, 1.54) is 0 Å². The summed E-state index contributed by atoms with van der Waals surface area (Å²) in [7, 11) is 0. The number of hydrogen-bond acceptors (Lipinski definition) is 7. The number of aliphatic hydroxyl groups excluding tert-OH is 1. The van der Waals surface area contributed by atoms with Crippen LogP contribution in [-0.4, -0.2) is 84.6 Å². The fraction of sp³-hybridized carbons (Fsp3) is 0.630. The summed E-state index contributed by atoms with van der Waals surface area (Å²) in [5.41, 5.74) is 0.759. The van der Waals surface area contributed by atoms with Crippen LogP contribution in [0.1, 0.15) is 33.1 Å². The molecule has 0 unspecified atom stereocenters. The molecule has 1 spiro atoms. The molecule has 4 atom stereocenters. The molecule has 8 nitrogen and oxygen atoms in total. The monoisotopic (exact) mass is 514 g/mol. The first-order chi connectivity index (χ1) is 17.3. The Morgan fingerprint density at radius 2 is 2.00 bits per heavy atom. The third kappa shape index (κ3) is 4.17. The minimum absolute atomic E-state index is 0.0584. The number of benzene rings is 1. The lowest BCUT2D eigenvalue weighted by atomic mass is 9.92. The zero-order valence-electron chi connectivity index (χ0n) is 21.0. The molecule has 194 valence electrons. The van der Waals surface area contributed by atoms with Gasteiger partial charge < -0.3 is 24.8 Å². The van der Waals surface area contributed by atoms with Gasteiger partial charge in [-0.05, 0) is 62.1 Å². The maximum Gasteiger partial charge on any atom is 0.229 e. The Morgan fingerprint density at radius 3 is 2.72 bits per heavy atom. The minimum atomic E-state index is -0.478. The van der Waals surface area contributed by atoms with E-state index in [0.29, 0.717) is 24.1 Å². The maximum absolute atomic E-state index is 12.9. The SMILES string of the molecule is C[C@H]1CN(c2cc3cc(NC(=O)[C@H]4CC45CCOCC5)ncc3cc2Cl)CCN1[C@@]1(C)COC[C@H]1O. The lowest BCUT2D eigenvalue weighted by Crippen LogP contribution is -2.64. The average Bonchev–Trinajstić information content (AvgIpc) is 3.44. The van der Waals surface area contributed by atoms with Gasteiger partial charge in [-0.3, -0.25) is 9.69 Å². The van der Waals surface area contributed by atoms with E-state index in [-0.39, 0.29) is 28.8 Å². The zero-order chi connectivity index (χ0) is 25.1. The number of rotatable bonds is 4. The van der Waals surface area contributed by atoms with Crippen molar-refractivity contribution in [3.8, 4) is 0 Å². The summed E-state index contributed by atoms with van der Waals surface area (Å²) < 4.78 is 11.1. The van der Waals surface area contributed by atoms with Gasteiger partial charge in [-0.15, -0.1) is 0 Å². The number of fused-ring (bicyclic) bond motifs is 1. The lowest BCUT2D eigenvalue weighted by molar-refractivity contribution is -0.118. The average molecular weight is 515 g/mol. The molecule has 1 aromatic carbocycles. The highest BCUT2D eigenvalue weighted by molar-refractivity contribution is 6.34. The topological polar surface area (TPSA) is 87.2 Å². The number of carbonyl (C=O) groups is 1. The van der Waals surface area contributed by atoms with E-state index in [1.54, 1.807) is 6.20 Å². The van der Waals surface area contributed by atoms with Gasteiger partial charge in [0.2, 0.25) is 5.91 Å². The highest BCUT2D eigenvalue weighted by Gasteiger charge is 2.58. The molecular weight excluding hydrogens is 480 g/mol. The van der Waals surface area contributed by atoms with Gasteiger partial charge in [-0.25, -0.2) is 4.98 Å². The highest BCUT2D eigenvalue weighted by atomic mass is 35.5. The van der Waals surface area contributed by atoms with Gasteiger partial charge in [0.25, 0.3) is 0 Å². The van der Waals surface area contributed by atoms with E-state index in [9.17, 15) is 9.90 Å². The number of nitrogens with zero attached hydrogens (tertiary/aromatic N) is 3. The number of amides is 1. The van der Waals surface area contributed by atoms with Crippen LogP contribution in [0.2, 0.25) is 5.02 Å². The Hall–Kier alpha value is -1.97. The summed E-state index contributed by atoms with van der Waals surface area (Å²) in [5.74, 6) is 0.703. The van der Waals surface area contributed by atoms with Crippen molar-refractivity contribution < 1.29 is 19.4 Å². The molecule has 4 fully saturated rings. The van der Waals surface area contributed by atoms with E-state index in [4.69, 9.17) is 21.1 Å². The smallest absolute Gasteiger partial charge is 0.229 e. The largest absolute Gasteiger partial charge is 0.389 e. The number of nitrogens with one attached hydrogen (secondary N) is 1. The lowest BCUT2D eigenvalue weighted by Gasteiger charge is -2.49. The van der Waals surface area contributed by atoms with Gasteiger partial charge in [-0.2, -0.15) is 0 Å². The van der Waals surface area contributed by atoms with Gasteiger partial charge >= 0.3 is 0 Å². The van der Waals surface area contributed by atoms with E-state index in [0.717, 1.165) is 68.6 Å². The second-order valence-electron chi connectivity index (χ2n) is 11.3. The standard InChI is InChI=1S/C27H35ClN4O4/c1-17-14-31(5-6-32(17)26(2)16-36-15-23(26)33)22-10-18-11-24(29-13-19(18)9-21(22)28)30-25(34)20-12-27(20)3-7-35-8-4-27/h9-11,13,17,20,23,33H,3-8,12,14-16H2,1-2H3,(H,29,30,34)/t17-,20+,23+,26-/m0/s1. The van der Waals surface area contributed by atoms with Crippen LogP contribution in [0.4, 0.5) is 11.5 Å². The molecule has 9 heteroatoms. The summed E-state index contributed by atoms with van der Waals surface area (Å²) in [4.78, 5) is 22.1. The summed E-state index contributed by atoms with van der Waals surface area (Å²) >= 11 is 6.73.